The average Bonchev–Trinajstić information content (AvgIpc) is 2.50. The molecule has 0 radical (unpaired) electrons. The van der Waals surface area contributed by atoms with Crippen LogP contribution in [0.3, 0.4) is 0 Å². The maximum Gasteiger partial charge on any atom is 0.112 e. The monoisotopic (exact) mass is 161 g/mol. The Morgan fingerprint density at radius 3 is 3.25 bits per heavy atom. The smallest absolute Gasteiger partial charge is 0.112 e. The van der Waals surface area contributed by atoms with Crippen molar-refractivity contribution in [2.75, 3.05) is 0 Å². The minimum atomic E-state index is 0.528. The highest BCUT2D eigenvalue weighted by Gasteiger charge is 1.98. The molecule has 12 heavy (non-hydrogen) atoms. The molecule has 1 aromatic rings. The minimum absolute atomic E-state index is 0.528. The van der Waals surface area contributed by atoms with Crippen LogP contribution in [0.15, 0.2) is 25.0 Å². The quantitative estimate of drug-likeness (QED) is 0.628. The van der Waals surface area contributed by atoms with Crippen molar-refractivity contribution in [2.24, 2.45) is 0 Å². The topological polar surface area (TPSA) is 41.6 Å². The van der Waals surface area contributed by atoms with Gasteiger partial charge in [-0.05, 0) is 0 Å². The maximum absolute atomic E-state index is 8.38. The summed E-state index contributed by atoms with van der Waals surface area (Å²) in [6.07, 6.45) is 6.73. The van der Waals surface area contributed by atoms with Crippen LogP contribution >= 0.6 is 0 Å². The molecular formula is C9H11N3. The van der Waals surface area contributed by atoms with Gasteiger partial charge in [-0.3, -0.25) is 0 Å². The lowest BCUT2D eigenvalue weighted by molar-refractivity contribution is 0.679. The minimum Gasteiger partial charge on any atom is -0.334 e. The van der Waals surface area contributed by atoms with Crippen LogP contribution in [0.25, 0.3) is 0 Å². The zero-order valence-electron chi connectivity index (χ0n) is 6.90. The first-order valence-corrected chi connectivity index (χ1v) is 3.86. The van der Waals surface area contributed by atoms with Gasteiger partial charge in [-0.15, -0.1) is 6.58 Å². The second-order valence-electron chi connectivity index (χ2n) is 2.44. The Morgan fingerprint density at radius 1 is 1.75 bits per heavy atom. The molecule has 1 heterocycles. The lowest BCUT2D eigenvalue weighted by atomic mass is 10.4. The van der Waals surface area contributed by atoms with E-state index in [-0.39, 0.29) is 0 Å². The Hall–Kier alpha value is -1.56. The number of nitriles is 1. The number of aryl methyl sites for hydroxylation is 1. The summed E-state index contributed by atoms with van der Waals surface area (Å²) in [6, 6.07) is 2.10. The van der Waals surface area contributed by atoms with Crippen LogP contribution in [0, 0.1) is 11.3 Å². The SMILES string of the molecule is C=CCc1nccn1CCC#N. The van der Waals surface area contributed by atoms with E-state index in [2.05, 4.69) is 17.6 Å². The zero-order valence-corrected chi connectivity index (χ0v) is 6.90. The number of hydrogen-bond donors (Lipinski definition) is 0. The molecule has 62 valence electrons. The van der Waals surface area contributed by atoms with Gasteiger partial charge in [-0.1, -0.05) is 6.08 Å². The van der Waals surface area contributed by atoms with E-state index >= 15 is 0 Å². The molecule has 0 amide bonds. The fraction of sp³-hybridized carbons (Fsp3) is 0.333. The van der Waals surface area contributed by atoms with Crippen molar-refractivity contribution in [3.05, 3.63) is 30.9 Å². The summed E-state index contributed by atoms with van der Waals surface area (Å²) in [4.78, 5) is 4.14. The molecule has 0 aliphatic carbocycles. The molecule has 3 heteroatoms. The standard InChI is InChI=1S/C9H11N3/c1-2-4-9-11-6-8-12(9)7-3-5-10/h2,6,8H,1,3-4,7H2. The molecule has 0 unspecified atom stereocenters. The molecular weight excluding hydrogens is 150 g/mol. The second kappa shape index (κ2) is 4.35. The van der Waals surface area contributed by atoms with Gasteiger partial charge in [-0.25, -0.2) is 4.98 Å². The Kier molecular flexibility index (Phi) is 3.09. The van der Waals surface area contributed by atoms with Crippen LogP contribution in [0.4, 0.5) is 0 Å². The maximum atomic E-state index is 8.38. The third-order valence-corrected chi connectivity index (χ3v) is 1.59. The van der Waals surface area contributed by atoms with Crippen molar-refractivity contribution in [3.63, 3.8) is 0 Å². The van der Waals surface area contributed by atoms with Crippen molar-refractivity contribution >= 4 is 0 Å². The highest BCUT2D eigenvalue weighted by atomic mass is 15.1. The van der Waals surface area contributed by atoms with E-state index in [1.54, 1.807) is 6.20 Å². The molecule has 0 saturated carbocycles. The summed E-state index contributed by atoms with van der Waals surface area (Å²) in [6.45, 7) is 4.36. The zero-order chi connectivity index (χ0) is 8.81. The summed E-state index contributed by atoms with van der Waals surface area (Å²) in [5.74, 6) is 0.972. The summed E-state index contributed by atoms with van der Waals surface area (Å²) in [7, 11) is 0. The number of nitrogens with zero attached hydrogens (tertiary/aromatic N) is 3. The van der Waals surface area contributed by atoms with Crippen molar-refractivity contribution in [1.82, 2.24) is 9.55 Å². The Labute approximate surface area is 72.0 Å². The van der Waals surface area contributed by atoms with Gasteiger partial charge >= 0.3 is 0 Å². The Morgan fingerprint density at radius 2 is 2.58 bits per heavy atom. The van der Waals surface area contributed by atoms with E-state index in [1.165, 1.54) is 0 Å². The number of hydrogen-bond acceptors (Lipinski definition) is 2. The molecule has 0 aromatic carbocycles. The van der Waals surface area contributed by atoms with E-state index in [0.29, 0.717) is 6.42 Å². The predicted octanol–water partition coefficient (Wildman–Crippen LogP) is 1.53. The molecule has 0 saturated heterocycles. The van der Waals surface area contributed by atoms with E-state index in [9.17, 15) is 0 Å². The molecule has 3 nitrogen and oxygen atoms in total. The van der Waals surface area contributed by atoms with Gasteiger partial charge < -0.3 is 4.57 Å². The molecule has 0 atom stereocenters. The number of aromatic nitrogens is 2. The molecule has 0 aliphatic rings. The third kappa shape index (κ3) is 1.96. The lowest BCUT2D eigenvalue weighted by Gasteiger charge is -2.01. The van der Waals surface area contributed by atoms with Crippen LogP contribution in [0.1, 0.15) is 12.2 Å². The molecule has 0 aliphatic heterocycles. The number of imidazole rings is 1. The predicted molar refractivity (Wildman–Crippen MR) is 46.4 cm³/mol. The van der Waals surface area contributed by atoms with Crippen molar-refractivity contribution in [2.45, 2.75) is 19.4 Å². The van der Waals surface area contributed by atoms with Gasteiger partial charge in [-0.2, -0.15) is 5.26 Å². The first-order chi connectivity index (χ1) is 5.88. The second-order valence-corrected chi connectivity index (χ2v) is 2.44. The number of allylic oxidation sites excluding steroid dienone is 1. The molecule has 0 spiro atoms. The van der Waals surface area contributed by atoms with Gasteiger partial charge in [0, 0.05) is 25.4 Å². The molecule has 1 rings (SSSR count). The van der Waals surface area contributed by atoms with E-state index in [0.717, 1.165) is 18.8 Å². The van der Waals surface area contributed by atoms with Crippen LogP contribution in [0.5, 0.6) is 0 Å². The largest absolute Gasteiger partial charge is 0.334 e. The van der Waals surface area contributed by atoms with E-state index < -0.39 is 0 Å². The summed E-state index contributed by atoms with van der Waals surface area (Å²) in [5.41, 5.74) is 0. The van der Waals surface area contributed by atoms with Crippen LogP contribution in [-0.4, -0.2) is 9.55 Å². The van der Waals surface area contributed by atoms with Crippen molar-refractivity contribution in [1.29, 1.82) is 5.26 Å². The average molecular weight is 161 g/mol. The summed E-state index contributed by atoms with van der Waals surface area (Å²) >= 11 is 0. The molecule has 0 fully saturated rings. The van der Waals surface area contributed by atoms with Gasteiger partial charge in [0.15, 0.2) is 0 Å². The number of rotatable bonds is 4. The highest BCUT2D eigenvalue weighted by Crippen LogP contribution is 2.00. The van der Waals surface area contributed by atoms with Gasteiger partial charge in [0.25, 0.3) is 0 Å². The van der Waals surface area contributed by atoms with E-state index in [1.807, 2.05) is 16.8 Å². The first-order valence-electron chi connectivity index (χ1n) is 3.86. The van der Waals surface area contributed by atoms with Gasteiger partial charge in [0.2, 0.25) is 0 Å². The van der Waals surface area contributed by atoms with Crippen LogP contribution in [-0.2, 0) is 13.0 Å². The lowest BCUT2D eigenvalue weighted by Crippen LogP contribution is -2.01. The first kappa shape index (κ1) is 8.54. The summed E-state index contributed by atoms with van der Waals surface area (Å²) in [5, 5.41) is 8.38. The molecule has 0 bridgehead atoms. The third-order valence-electron chi connectivity index (χ3n) is 1.59. The van der Waals surface area contributed by atoms with E-state index in [4.69, 9.17) is 5.26 Å². The fourth-order valence-corrected chi connectivity index (χ4v) is 1.03. The van der Waals surface area contributed by atoms with Crippen LogP contribution in [0.2, 0.25) is 0 Å². The van der Waals surface area contributed by atoms with Crippen LogP contribution < -0.4 is 0 Å². The fourth-order valence-electron chi connectivity index (χ4n) is 1.03. The van der Waals surface area contributed by atoms with Gasteiger partial charge in [0.1, 0.15) is 5.82 Å². The van der Waals surface area contributed by atoms with Gasteiger partial charge in [0.05, 0.1) is 12.5 Å². The van der Waals surface area contributed by atoms with Crippen molar-refractivity contribution < 1.29 is 0 Å². The Balaban J connectivity index is 2.64. The normalized spacial score (nSPS) is 9.25. The highest BCUT2D eigenvalue weighted by molar-refractivity contribution is 4.97. The molecule has 1 aromatic heterocycles. The van der Waals surface area contributed by atoms with Crippen molar-refractivity contribution in [3.8, 4) is 6.07 Å². The Bertz CT molecular complexity index is 293. The molecule has 0 N–H and O–H groups in total. The summed E-state index contributed by atoms with van der Waals surface area (Å²) < 4.78 is 1.98.